The van der Waals surface area contributed by atoms with Crippen LogP contribution >= 0.6 is 0 Å². The van der Waals surface area contributed by atoms with Gasteiger partial charge in [-0.05, 0) is 29.4 Å². The van der Waals surface area contributed by atoms with Crippen LogP contribution in [0.2, 0.25) is 0 Å². The molecule has 1 saturated heterocycles. The minimum atomic E-state index is -4.88. The summed E-state index contributed by atoms with van der Waals surface area (Å²) in [6.07, 6.45) is -5.01. The molecule has 1 aliphatic rings. The Morgan fingerprint density at radius 2 is 1.73 bits per heavy atom. The van der Waals surface area contributed by atoms with Crippen molar-refractivity contribution >= 4 is 11.9 Å². The second kappa shape index (κ2) is 6.93. The number of aryl methyl sites for hydroxylation is 1. The van der Waals surface area contributed by atoms with E-state index in [1.165, 1.54) is 0 Å². The zero-order valence-corrected chi connectivity index (χ0v) is 15.2. The summed E-state index contributed by atoms with van der Waals surface area (Å²) in [6.45, 7) is 5.28. The molecule has 0 radical (unpaired) electrons. The predicted octanol–water partition coefficient (Wildman–Crippen LogP) is 3.78. The van der Waals surface area contributed by atoms with Crippen LogP contribution in [0.3, 0.4) is 0 Å². The number of carbonyl (C=O) groups excluding carboxylic acids is 1. The van der Waals surface area contributed by atoms with Gasteiger partial charge in [0.25, 0.3) is 0 Å². The van der Waals surface area contributed by atoms with Crippen molar-refractivity contribution in [2.24, 2.45) is 5.41 Å². The Bertz CT molecular complexity index is 677. The number of halogens is 3. The Kier molecular flexibility index (Phi) is 5.40. The molecule has 0 spiro atoms. The van der Waals surface area contributed by atoms with E-state index in [9.17, 15) is 22.8 Å². The summed E-state index contributed by atoms with van der Waals surface area (Å²) in [5, 5.41) is 9.04. The van der Waals surface area contributed by atoms with Crippen LogP contribution in [0.1, 0.15) is 44.7 Å². The minimum Gasteiger partial charge on any atom is -0.481 e. The molecule has 1 fully saturated rings. The minimum absolute atomic E-state index is 0.0155. The lowest BCUT2D eigenvalue weighted by atomic mass is 9.86. The van der Waals surface area contributed by atoms with Gasteiger partial charge < -0.3 is 10.0 Å². The number of hydrogen-bond acceptors (Lipinski definition) is 2. The molecule has 26 heavy (non-hydrogen) atoms. The molecule has 7 heteroatoms. The number of nitrogens with zero attached hydrogens (tertiary/aromatic N) is 1. The summed E-state index contributed by atoms with van der Waals surface area (Å²) in [4.78, 5) is 24.4. The van der Waals surface area contributed by atoms with E-state index in [1.54, 1.807) is 0 Å². The van der Waals surface area contributed by atoms with Gasteiger partial charge in [0, 0.05) is 19.5 Å². The molecule has 0 bridgehead atoms. The first-order valence-electron chi connectivity index (χ1n) is 8.54. The maximum absolute atomic E-state index is 13.2. The summed E-state index contributed by atoms with van der Waals surface area (Å²) >= 11 is 0. The monoisotopic (exact) mass is 371 g/mol. The highest BCUT2D eigenvalue weighted by atomic mass is 19.4. The van der Waals surface area contributed by atoms with E-state index in [-0.39, 0.29) is 18.4 Å². The molecule has 2 rings (SSSR count). The molecular weight excluding hydrogens is 347 g/mol. The highest BCUT2D eigenvalue weighted by molar-refractivity contribution is 5.81. The lowest BCUT2D eigenvalue weighted by molar-refractivity contribution is -0.227. The number of amides is 1. The first-order valence-corrected chi connectivity index (χ1v) is 8.54. The summed E-state index contributed by atoms with van der Waals surface area (Å²) in [7, 11) is 0. The second-order valence-electron chi connectivity index (χ2n) is 7.90. The molecule has 1 atom stereocenters. The van der Waals surface area contributed by atoms with Crippen molar-refractivity contribution in [1.82, 2.24) is 4.90 Å². The zero-order chi connectivity index (χ0) is 19.8. The van der Waals surface area contributed by atoms with Crippen molar-refractivity contribution in [3.05, 3.63) is 35.4 Å². The fourth-order valence-corrected chi connectivity index (χ4v) is 3.13. The third-order valence-electron chi connectivity index (χ3n) is 5.02. The van der Waals surface area contributed by atoms with Gasteiger partial charge in [-0.3, -0.25) is 9.59 Å². The number of carboxylic acids is 1. The van der Waals surface area contributed by atoms with Gasteiger partial charge in [-0.2, -0.15) is 13.2 Å². The largest absolute Gasteiger partial charge is 0.481 e. The van der Waals surface area contributed by atoms with Crippen LogP contribution in [0.25, 0.3) is 0 Å². The van der Waals surface area contributed by atoms with Crippen LogP contribution in [0, 0.1) is 5.41 Å². The van der Waals surface area contributed by atoms with Crippen molar-refractivity contribution in [3.8, 4) is 0 Å². The van der Waals surface area contributed by atoms with Crippen LogP contribution < -0.4 is 0 Å². The summed E-state index contributed by atoms with van der Waals surface area (Å²) in [5.41, 5.74) is -0.756. The van der Waals surface area contributed by atoms with Crippen molar-refractivity contribution < 1.29 is 27.9 Å². The molecule has 1 N–H and O–H groups in total. The number of rotatable bonds is 4. The molecule has 4 nitrogen and oxygen atoms in total. The van der Waals surface area contributed by atoms with Crippen LogP contribution in [0.5, 0.6) is 0 Å². The van der Waals surface area contributed by atoms with E-state index in [0.717, 1.165) is 16.0 Å². The van der Waals surface area contributed by atoms with E-state index >= 15 is 0 Å². The summed E-state index contributed by atoms with van der Waals surface area (Å²) < 4.78 is 39.5. The van der Waals surface area contributed by atoms with E-state index in [1.807, 2.05) is 24.3 Å². The first-order chi connectivity index (χ1) is 11.9. The van der Waals surface area contributed by atoms with Gasteiger partial charge in [-0.25, -0.2) is 0 Å². The molecule has 1 aromatic rings. The average molecular weight is 371 g/mol. The highest BCUT2D eigenvalue weighted by Crippen LogP contribution is 2.45. The maximum Gasteiger partial charge on any atom is 0.406 e. The molecule has 1 amide bonds. The standard InChI is InChI=1S/C19H24F3NO3/c1-17(2,3)14-7-4-13(5-8-14)6-9-15(24)23-11-10-18(12-23,16(25)26)19(20,21)22/h4-5,7-8H,6,9-12H2,1-3H3,(H,25,26). The van der Waals surface area contributed by atoms with Crippen LogP contribution in [-0.2, 0) is 21.4 Å². The Labute approximate surface area is 151 Å². The summed E-state index contributed by atoms with van der Waals surface area (Å²) in [5.74, 6) is -2.37. The van der Waals surface area contributed by atoms with Gasteiger partial charge in [0.05, 0.1) is 0 Å². The van der Waals surface area contributed by atoms with Gasteiger partial charge in [-0.1, -0.05) is 45.0 Å². The zero-order valence-electron chi connectivity index (χ0n) is 15.2. The molecule has 1 heterocycles. The van der Waals surface area contributed by atoms with Crippen molar-refractivity contribution in [1.29, 1.82) is 0 Å². The van der Waals surface area contributed by atoms with E-state index < -0.39 is 36.4 Å². The number of carboxylic acid groups (broad SMARTS) is 1. The Balaban J connectivity index is 1.98. The Morgan fingerprint density at radius 3 is 2.15 bits per heavy atom. The third-order valence-corrected chi connectivity index (χ3v) is 5.02. The van der Waals surface area contributed by atoms with Crippen LogP contribution in [0.15, 0.2) is 24.3 Å². The maximum atomic E-state index is 13.2. The predicted molar refractivity (Wildman–Crippen MR) is 90.8 cm³/mol. The molecule has 0 aromatic heterocycles. The van der Waals surface area contributed by atoms with Gasteiger partial charge in [-0.15, -0.1) is 0 Å². The number of alkyl halides is 3. The molecule has 1 aromatic carbocycles. The average Bonchev–Trinajstić information content (AvgIpc) is 2.99. The van der Waals surface area contributed by atoms with E-state index in [0.29, 0.717) is 6.42 Å². The van der Waals surface area contributed by atoms with E-state index in [4.69, 9.17) is 5.11 Å². The SMILES string of the molecule is CC(C)(C)c1ccc(CCC(=O)N2CCC(C(=O)O)(C(F)(F)F)C2)cc1. The topological polar surface area (TPSA) is 57.6 Å². The fourth-order valence-electron chi connectivity index (χ4n) is 3.13. The third kappa shape index (κ3) is 4.02. The van der Waals surface area contributed by atoms with Gasteiger partial charge in [0.2, 0.25) is 5.91 Å². The van der Waals surface area contributed by atoms with E-state index in [2.05, 4.69) is 20.8 Å². The van der Waals surface area contributed by atoms with Crippen molar-refractivity contribution in [2.75, 3.05) is 13.1 Å². The number of aliphatic carboxylic acids is 1. The van der Waals surface area contributed by atoms with Gasteiger partial charge >= 0.3 is 12.1 Å². The number of carbonyl (C=O) groups is 2. The first kappa shape index (κ1) is 20.3. The number of hydrogen-bond donors (Lipinski definition) is 1. The van der Waals surface area contributed by atoms with Gasteiger partial charge in [0.15, 0.2) is 5.41 Å². The lowest BCUT2D eigenvalue weighted by Gasteiger charge is -2.27. The molecular formula is C19H24F3NO3. The smallest absolute Gasteiger partial charge is 0.406 e. The van der Waals surface area contributed by atoms with Crippen molar-refractivity contribution in [3.63, 3.8) is 0 Å². The molecule has 0 aliphatic carbocycles. The normalized spacial score (nSPS) is 21.1. The Hall–Kier alpha value is -2.05. The number of benzene rings is 1. The molecule has 1 unspecified atom stereocenters. The second-order valence-corrected chi connectivity index (χ2v) is 7.90. The van der Waals surface area contributed by atoms with Crippen molar-refractivity contribution in [2.45, 2.75) is 51.6 Å². The molecule has 144 valence electrons. The van der Waals surface area contributed by atoms with Crippen LogP contribution in [0.4, 0.5) is 13.2 Å². The highest BCUT2D eigenvalue weighted by Gasteiger charge is 2.64. The summed E-state index contributed by atoms with van der Waals surface area (Å²) in [6, 6.07) is 7.79. The molecule has 1 aliphatic heterocycles. The quantitative estimate of drug-likeness (QED) is 0.876. The molecule has 0 saturated carbocycles. The number of likely N-dealkylation sites (tertiary alicyclic amines) is 1. The van der Waals surface area contributed by atoms with Gasteiger partial charge in [0.1, 0.15) is 0 Å². The van der Waals surface area contributed by atoms with Crippen LogP contribution in [-0.4, -0.2) is 41.1 Å². The lowest BCUT2D eigenvalue weighted by Crippen LogP contribution is -2.47. The fraction of sp³-hybridized carbons (Fsp3) is 0.579. The Morgan fingerprint density at radius 1 is 1.15 bits per heavy atom.